The lowest BCUT2D eigenvalue weighted by Crippen LogP contribution is -2.31. The first-order valence-corrected chi connectivity index (χ1v) is 7.13. The Morgan fingerprint density at radius 3 is 2.83 bits per heavy atom. The monoisotopic (exact) mass is 311 g/mol. The van der Waals surface area contributed by atoms with Gasteiger partial charge in [0.2, 0.25) is 0 Å². The number of para-hydroxylation sites is 1. The number of carbonyl (C=O) groups is 1. The highest BCUT2D eigenvalue weighted by Crippen LogP contribution is 2.19. The number of hydrogen-bond donors (Lipinski definition) is 1. The van der Waals surface area contributed by atoms with Gasteiger partial charge in [0, 0.05) is 18.8 Å². The minimum atomic E-state index is -0.285. The molecule has 0 saturated carbocycles. The number of benzene rings is 1. The first-order valence-electron chi connectivity index (χ1n) is 7.13. The lowest BCUT2D eigenvalue weighted by Gasteiger charge is -2.18. The van der Waals surface area contributed by atoms with E-state index in [1.807, 2.05) is 42.5 Å². The molecule has 3 rings (SSSR count). The summed E-state index contributed by atoms with van der Waals surface area (Å²) in [7, 11) is 3.32. The standard InChI is InChI=1S/C16H17N5O2/c1-20(11-12-7-3-4-8-13(12)23-2)16(22)18-15-17-14-9-5-6-10-21(14)19-15/h3-10H,11H2,1-2H3,(H,18,19,22). The number of urea groups is 1. The zero-order valence-corrected chi connectivity index (χ0v) is 12.9. The third kappa shape index (κ3) is 3.23. The van der Waals surface area contributed by atoms with Gasteiger partial charge in [0.1, 0.15) is 5.75 Å². The predicted molar refractivity (Wildman–Crippen MR) is 86.5 cm³/mol. The molecule has 0 aliphatic carbocycles. The van der Waals surface area contributed by atoms with E-state index in [1.165, 1.54) is 0 Å². The van der Waals surface area contributed by atoms with Crippen LogP contribution in [0, 0.1) is 0 Å². The van der Waals surface area contributed by atoms with Gasteiger partial charge in [0.15, 0.2) is 5.65 Å². The Balaban J connectivity index is 1.69. The summed E-state index contributed by atoms with van der Waals surface area (Å²) < 4.78 is 6.90. The van der Waals surface area contributed by atoms with Crippen LogP contribution in [0.15, 0.2) is 48.7 Å². The topological polar surface area (TPSA) is 71.8 Å². The highest BCUT2D eigenvalue weighted by Gasteiger charge is 2.14. The first-order chi connectivity index (χ1) is 11.2. The molecule has 2 heterocycles. The predicted octanol–water partition coefficient (Wildman–Crippen LogP) is 2.40. The Bertz CT molecular complexity index is 797. The normalized spacial score (nSPS) is 10.5. The Morgan fingerprint density at radius 1 is 1.26 bits per heavy atom. The van der Waals surface area contributed by atoms with E-state index in [4.69, 9.17) is 4.74 Å². The average molecular weight is 311 g/mol. The number of hydrogen-bond acceptors (Lipinski definition) is 4. The number of pyridine rings is 1. The van der Waals surface area contributed by atoms with E-state index in [-0.39, 0.29) is 12.0 Å². The van der Waals surface area contributed by atoms with Gasteiger partial charge < -0.3 is 9.64 Å². The fraction of sp³-hybridized carbons (Fsp3) is 0.188. The summed E-state index contributed by atoms with van der Waals surface area (Å²) in [5.74, 6) is 1.02. The Hall–Kier alpha value is -3.09. The maximum Gasteiger partial charge on any atom is 0.324 e. The number of amides is 2. The highest BCUT2D eigenvalue weighted by molar-refractivity contribution is 5.87. The van der Waals surface area contributed by atoms with E-state index in [1.54, 1.807) is 29.8 Å². The smallest absolute Gasteiger partial charge is 0.324 e. The molecule has 0 aliphatic rings. The Morgan fingerprint density at radius 2 is 2.04 bits per heavy atom. The van der Waals surface area contributed by atoms with Crippen molar-refractivity contribution in [2.24, 2.45) is 0 Å². The molecule has 0 bridgehead atoms. The van der Waals surface area contributed by atoms with Gasteiger partial charge in [-0.15, -0.1) is 5.10 Å². The molecule has 0 atom stereocenters. The van der Waals surface area contributed by atoms with Crippen LogP contribution in [0.25, 0.3) is 5.65 Å². The van der Waals surface area contributed by atoms with Crippen LogP contribution in [0.5, 0.6) is 5.75 Å². The van der Waals surface area contributed by atoms with Crippen molar-refractivity contribution in [1.29, 1.82) is 0 Å². The van der Waals surface area contributed by atoms with E-state index in [0.29, 0.717) is 12.2 Å². The highest BCUT2D eigenvalue weighted by atomic mass is 16.5. The fourth-order valence-corrected chi connectivity index (χ4v) is 2.24. The molecule has 2 aromatic heterocycles. The number of ether oxygens (including phenoxy) is 1. The number of carbonyl (C=O) groups excluding carboxylic acids is 1. The zero-order valence-electron chi connectivity index (χ0n) is 12.9. The van der Waals surface area contributed by atoms with Gasteiger partial charge >= 0.3 is 6.03 Å². The molecular formula is C16H17N5O2. The fourth-order valence-electron chi connectivity index (χ4n) is 2.24. The van der Waals surface area contributed by atoms with Crippen LogP contribution in [0.4, 0.5) is 10.7 Å². The van der Waals surface area contributed by atoms with Crippen molar-refractivity contribution in [3.05, 3.63) is 54.2 Å². The second kappa shape index (κ2) is 6.35. The van der Waals surface area contributed by atoms with Gasteiger partial charge in [-0.3, -0.25) is 5.32 Å². The van der Waals surface area contributed by atoms with Crippen LogP contribution >= 0.6 is 0 Å². The van der Waals surface area contributed by atoms with Crippen LogP contribution in [-0.4, -0.2) is 39.7 Å². The van der Waals surface area contributed by atoms with Gasteiger partial charge in [0.05, 0.1) is 13.7 Å². The molecule has 0 fully saturated rings. The van der Waals surface area contributed by atoms with Crippen molar-refractivity contribution in [3.63, 3.8) is 0 Å². The second-order valence-electron chi connectivity index (χ2n) is 5.04. The molecule has 7 nitrogen and oxygen atoms in total. The van der Waals surface area contributed by atoms with Gasteiger partial charge in [0.25, 0.3) is 5.95 Å². The lowest BCUT2D eigenvalue weighted by atomic mass is 10.2. The quantitative estimate of drug-likeness (QED) is 0.803. The van der Waals surface area contributed by atoms with Crippen LogP contribution in [0.1, 0.15) is 5.56 Å². The molecule has 0 unspecified atom stereocenters. The van der Waals surface area contributed by atoms with E-state index in [2.05, 4.69) is 15.4 Å². The summed E-state index contributed by atoms with van der Waals surface area (Å²) in [5.41, 5.74) is 1.60. The number of methoxy groups -OCH3 is 1. The Labute approximate surface area is 133 Å². The minimum absolute atomic E-state index is 0.271. The van der Waals surface area contributed by atoms with Gasteiger partial charge in [-0.1, -0.05) is 24.3 Å². The molecule has 0 radical (unpaired) electrons. The van der Waals surface area contributed by atoms with Crippen molar-refractivity contribution in [3.8, 4) is 5.75 Å². The molecule has 0 spiro atoms. The maximum atomic E-state index is 12.3. The molecule has 0 aliphatic heterocycles. The maximum absolute atomic E-state index is 12.3. The molecular weight excluding hydrogens is 294 g/mol. The zero-order chi connectivity index (χ0) is 16.2. The number of rotatable bonds is 4. The number of anilines is 1. The number of nitrogens with one attached hydrogen (secondary N) is 1. The largest absolute Gasteiger partial charge is 0.496 e. The van der Waals surface area contributed by atoms with Crippen LogP contribution in [0.2, 0.25) is 0 Å². The molecule has 2 amide bonds. The van der Waals surface area contributed by atoms with E-state index >= 15 is 0 Å². The summed E-state index contributed by atoms with van der Waals surface area (Å²) in [4.78, 5) is 18.1. The third-order valence-corrected chi connectivity index (χ3v) is 3.41. The van der Waals surface area contributed by atoms with Crippen molar-refractivity contribution >= 4 is 17.6 Å². The molecule has 1 N–H and O–H groups in total. The van der Waals surface area contributed by atoms with Crippen molar-refractivity contribution in [2.75, 3.05) is 19.5 Å². The number of fused-ring (bicyclic) bond motifs is 1. The average Bonchev–Trinajstić information content (AvgIpc) is 2.97. The second-order valence-corrected chi connectivity index (χ2v) is 5.04. The van der Waals surface area contributed by atoms with Gasteiger partial charge in [-0.25, -0.2) is 9.31 Å². The lowest BCUT2D eigenvalue weighted by molar-refractivity contribution is 0.220. The van der Waals surface area contributed by atoms with Crippen LogP contribution in [0.3, 0.4) is 0 Å². The summed E-state index contributed by atoms with van der Waals surface area (Å²) in [6, 6.07) is 12.8. The van der Waals surface area contributed by atoms with Gasteiger partial charge in [-0.05, 0) is 18.2 Å². The van der Waals surface area contributed by atoms with E-state index in [9.17, 15) is 4.79 Å². The molecule has 7 heteroatoms. The molecule has 3 aromatic rings. The molecule has 0 saturated heterocycles. The number of aromatic nitrogens is 3. The third-order valence-electron chi connectivity index (χ3n) is 3.41. The summed E-state index contributed by atoms with van der Waals surface area (Å²) >= 11 is 0. The summed E-state index contributed by atoms with van der Waals surface area (Å²) in [6.07, 6.45) is 1.77. The van der Waals surface area contributed by atoms with Crippen LogP contribution in [-0.2, 0) is 6.54 Å². The SMILES string of the molecule is COc1ccccc1CN(C)C(=O)Nc1nc2ccccn2n1. The summed E-state index contributed by atoms with van der Waals surface area (Å²) in [5, 5.41) is 6.89. The van der Waals surface area contributed by atoms with Crippen molar-refractivity contribution in [2.45, 2.75) is 6.54 Å². The van der Waals surface area contributed by atoms with Crippen LogP contribution < -0.4 is 10.1 Å². The van der Waals surface area contributed by atoms with E-state index in [0.717, 1.165) is 11.3 Å². The van der Waals surface area contributed by atoms with Crippen molar-refractivity contribution in [1.82, 2.24) is 19.5 Å². The summed E-state index contributed by atoms with van der Waals surface area (Å²) in [6.45, 7) is 0.420. The molecule has 23 heavy (non-hydrogen) atoms. The minimum Gasteiger partial charge on any atom is -0.496 e. The van der Waals surface area contributed by atoms with E-state index < -0.39 is 0 Å². The molecule has 118 valence electrons. The molecule has 1 aromatic carbocycles. The van der Waals surface area contributed by atoms with Gasteiger partial charge in [-0.2, -0.15) is 4.98 Å². The Kier molecular flexibility index (Phi) is 4.09. The number of nitrogens with zero attached hydrogens (tertiary/aromatic N) is 4. The van der Waals surface area contributed by atoms with Crippen molar-refractivity contribution < 1.29 is 9.53 Å². The first kappa shape index (κ1) is 14.8.